The predicted octanol–water partition coefficient (Wildman–Crippen LogP) is 3.30. The Morgan fingerprint density at radius 3 is 2.76 bits per heavy atom. The molecule has 0 atom stereocenters. The van der Waals surface area contributed by atoms with E-state index in [0.29, 0.717) is 23.8 Å². The molecule has 3 N–H and O–H groups in total. The van der Waals surface area contributed by atoms with Crippen molar-refractivity contribution in [3.8, 4) is 0 Å². The van der Waals surface area contributed by atoms with E-state index in [1.54, 1.807) is 0 Å². The quantitative estimate of drug-likeness (QED) is 0.454. The fourth-order valence-electron chi connectivity index (χ4n) is 5.10. The van der Waals surface area contributed by atoms with Gasteiger partial charge in [0.05, 0.1) is 11.0 Å². The molecule has 2 aromatic carbocycles. The number of anilines is 1. The molecule has 8 heteroatoms. The van der Waals surface area contributed by atoms with Gasteiger partial charge in [-0.05, 0) is 62.7 Å². The van der Waals surface area contributed by atoms with Crippen LogP contribution in [0.2, 0.25) is 0 Å². The Hall–Kier alpha value is -3.65. The Morgan fingerprint density at radius 1 is 1.03 bits per heavy atom. The molecule has 0 saturated carbocycles. The lowest BCUT2D eigenvalue weighted by atomic mass is 10.1. The first-order chi connectivity index (χ1) is 16.2. The van der Waals surface area contributed by atoms with Gasteiger partial charge in [-0.3, -0.25) is 14.9 Å². The molecule has 2 aliphatic heterocycles. The van der Waals surface area contributed by atoms with Gasteiger partial charge in [0.25, 0.3) is 11.8 Å². The van der Waals surface area contributed by atoms with Gasteiger partial charge in [0.1, 0.15) is 5.69 Å². The number of piperidine rings is 1. The van der Waals surface area contributed by atoms with Crippen molar-refractivity contribution >= 4 is 39.7 Å². The summed E-state index contributed by atoms with van der Waals surface area (Å²) in [5.74, 6) is 0.322. The van der Waals surface area contributed by atoms with Crippen molar-refractivity contribution in [2.24, 2.45) is 0 Å². The summed E-state index contributed by atoms with van der Waals surface area (Å²) in [7, 11) is 0. The fourth-order valence-corrected chi connectivity index (χ4v) is 5.10. The standard InChI is InChI=1S/C25H26N6O2/c32-23(17-7-6-16-14-22-24(33)27-10-3-13-30(22)21(16)15-17)29-25-28-19-4-1-2-5-20(19)31(25)18-8-11-26-12-9-18/h1-2,4-7,14-15,18,26H,3,8-13H2,(H,27,33)(H,28,29,32). The molecule has 0 unspecified atom stereocenters. The number of para-hydroxylation sites is 2. The lowest BCUT2D eigenvalue weighted by Gasteiger charge is -2.26. The van der Waals surface area contributed by atoms with E-state index in [-0.39, 0.29) is 17.9 Å². The SMILES string of the molecule is O=C(Nc1nc2ccccc2n1C1CCNCC1)c1ccc2cc3n(c2c1)CCCNC3=O. The summed E-state index contributed by atoms with van der Waals surface area (Å²) < 4.78 is 4.19. The topological polar surface area (TPSA) is 93.0 Å². The summed E-state index contributed by atoms with van der Waals surface area (Å²) in [6, 6.07) is 15.8. The zero-order valence-corrected chi connectivity index (χ0v) is 18.3. The first kappa shape index (κ1) is 20.0. The highest BCUT2D eigenvalue weighted by Gasteiger charge is 2.23. The van der Waals surface area contributed by atoms with E-state index in [1.165, 1.54) is 0 Å². The molecular weight excluding hydrogens is 416 g/mol. The number of benzene rings is 2. The number of hydrogen-bond acceptors (Lipinski definition) is 4. The molecule has 8 nitrogen and oxygen atoms in total. The van der Waals surface area contributed by atoms with Crippen LogP contribution in [0.25, 0.3) is 21.9 Å². The number of aryl methyl sites for hydroxylation is 1. The molecule has 1 saturated heterocycles. The third kappa shape index (κ3) is 3.47. The molecule has 4 heterocycles. The Bertz CT molecular complexity index is 1380. The number of fused-ring (bicyclic) bond motifs is 4. The van der Waals surface area contributed by atoms with E-state index < -0.39 is 0 Å². The number of nitrogens with one attached hydrogen (secondary N) is 3. The Balaban J connectivity index is 1.37. The molecule has 0 aliphatic carbocycles. The van der Waals surface area contributed by atoms with Crippen LogP contribution < -0.4 is 16.0 Å². The van der Waals surface area contributed by atoms with Crippen LogP contribution in [-0.2, 0) is 6.54 Å². The first-order valence-electron chi connectivity index (χ1n) is 11.6. The van der Waals surface area contributed by atoms with Crippen LogP contribution in [0.3, 0.4) is 0 Å². The predicted molar refractivity (Wildman–Crippen MR) is 128 cm³/mol. The second kappa shape index (κ2) is 8.04. The molecule has 168 valence electrons. The van der Waals surface area contributed by atoms with E-state index in [0.717, 1.165) is 60.8 Å². The average molecular weight is 443 g/mol. The van der Waals surface area contributed by atoms with Crippen LogP contribution >= 0.6 is 0 Å². The zero-order valence-electron chi connectivity index (χ0n) is 18.3. The average Bonchev–Trinajstić information content (AvgIpc) is 3.33. The van der Waals surface area contributed by atoms with Crippen molar-refractivity contribution in [2.75, 3.05) is 25.0 Å². The smallest absolute Gasteiger partial charge is 0.267 e. The maximum Gasteiger partial charge on any atom is 0.267 e. The van der Waals surface area contributed by atoms with Crippen LogP contribution in [-0.4, -0.2) is 45.6 Å². The summed E-state index contributed by atoms with van der Waals surface area (Å²) in [6.07, 6.45) is 2.85. The van der Waals surface area contributed by atoms with E-state index in [1.807, 2.05) is 47.0 Å². The van der Waals surface area contributed by atoms with Crippen molar-refractivity contribution in [3.63, 3.8) is 0 Å². The number of hydrogen-bond donors (Lipinski definition) is 3. The first-order valence-corrected chi connectivity index (χ1v) is 11.6. The van der Waals surface area contributed by atoms with Crippen LogP contribution in [0.15, 0.2) is 48.5 Å². The Labute approximate surface area is 191 Å². The van der Waals surface area contributed by atoms with E-state index >= 15 is 0 Å². The number of aromatic nitrogens is 3. The van der Waals surface area contributed by atoms with Crippen LogP contribution in [0, 0.1) is 0 Å². The molecule has 4 aromatic rings. The minimum absolute atomic E-state index is 0.0645. The zero-order chi connectivity index (χ0) is 22.4. The monoisotopic (exact) mass is 442 g/mol. The molecular formula is C25H26N6O2. The van der Waals surface area contributed by atoms with E-state index in [4.69, 9.17) is 4.98 Å². The maximum atomic E-state index is 13.3. The number of amides is 2. The van der Waals surface area contributed by atoms with Gasteiger partial charge in [0.15, 0.2) is 0 Å². The highest BCUT2D eigenvalue weighted by atomic mass is 16.2. The van der Waals surface area contributed by atoms with Gasteiger partial charge in [0.2, 0.25) is 5.95 Å². The van der Waals surface area contributed by atoms with Crippen LogP contribution in [0.4, 0.5) is 5.95 Å². The van der Waals surface area contributed by atoms with Gasteiger partial charge in [0, 0.05) is 35.6 Å². The second-order valence-corrected chi connectivity index (χ2v) is 8.79. The summed E-state index contributed by atoms with van der Waals surface area (Å²) in [5.41, 5.74) is 4.02. The molecule has 0 bridgehead atoms. The van der Waals surface area contributed by atoms with Crippen molar-refractivity contribution < 1.29 is 9.59 Å². The maximum absolute atomic E-state index is 13.3. The summed E-state index contributed by atoms with van der Waals surface area (Å²) in [6.45, 7) is 3.31. The normalized spacial score (nSPS) is 17.0. The van der Waals surface area contributed by atoms with Gasteiger partial charge < -0.3 is 19.8 Å². The van der Waals surface area contributed by atoms with Gasteiger partial charge >= 0.3 is 0 Å². The summed E-state index contributed by atoms with van der Waals surface area (Å²) >= 11 is 0. The lowest BCUT2D eigenvalue weighted by molar-refractivity contribution is 0.0950. The van der Waals surface area contributed by atoms with Gasteiger partial charge in [-0.1, -0.05) is 18.2 Å². The molecule has 0 radical (unpaired) electrons. The summed E-state index contributed by atoms with van der Waals surface area (Å²) in [5, 5.41) is 10.4. The van der Waals surface area contributed by atoms with Crippen molar-refractivity contribution in [1.29, 1.82) is 0 Å². The lowest BCUT2D eigenvalue weighted by Crippen LogP contribution is -2.30. The van der Waals surface area contributed by atoms with Gasteiger partial charge in [-0.25, -0.2) is 4.98 Å². The number of carbonyl (C=O) groups excluding carboxylic acids is 2. The highest BCUT2D eigenvalue weighted by Crippen LogP contribution is 2.30. The van der Waals surface area contributed by atoms with Gasteiger partial charge in [-0.2, -0.15) is 0 Å². The number of rotatable bonds is 3. The third-order valence-corrected chi connectivity index (χ3v) is 6.74. The molecule has 2 aliphatic rings. The van der Waals surface area contributed by atoms with Crippen molar-refractivity contribution in [1.82, 2.24) is 24.8 Å². The van der Waals surface area contributed by atoms with Gasteiger partial charge in [-0.15, -0.1) is 0 Å². The molecule has 2 aromatic heterocycles. The Morgan fingerprint density at radius 2 is 1.88 bits per heavy atom. The van der Waals surface area contributed by atoms with Crippen molar-refractivity contribution in [3.05, 3.63) is 59.8 Å². The number of carbonyl (C=O) groups is 2. The largest absolute Gasteiger partial charge is 0.351 e. The fraction of sp³-hybridized carbons (Fsp3) is 0.320. The highest BCUT2D eigenvalue weighted by molar-refractivity contribution is 6.07. The number of nitrogens with zero attached hydrogens (tertiary/aromatic N) is 3. The Kier molecular flexibility index (Phi) is 4.87. The summed E-state index contributed by atoms with van der Waals surface area (Å²) in [4.78, 5) is 30.5. The number of imidazole rings is 1. The molecule has 1 fully saturated rings. The molecule has 33 heavy (non-hydrogen) atoms. The molecule has 0 spiro atoms. The minimum atomic E-state index is -0.198. The van der Waals surface area contributed by atoms with E-state index in [2.05, 4.69) is 26.6 Å². The molecule has 2 amide bonds. The molecule has 6 rings (SSSR count). The minimum Gasteiger partial charge on any atom is -0.351 e. The van der Waals surface area contributed by atoms with Crippen LogP contribution in [0.1, 0.15) is 46.2 Å². The second-order valence-electron chi connectivity index (χ2n) is 8.79. The third-order valence-electron chi connectivity index (χ3n) is 6.74. The van der Waals surface area contributed by atoms with Crippen LogP contribution in [0.5, 0.6) is 0 Å². The van der Waals surface area contributed by atoms with E-state index in [9.17, 15) is 9.59 Å². The van der Waals surface area contributed by atoms with Crippen molar-refractivity contribution in [2.45, 2.75) is 31.8 Å².